The molecule has 0 aliphatic heterocycles. The molecule has 0 aromatic carbocycles. The molecular weight excluding hydrogens is 248 g/mol. The van der Waals surface area contributed by atoms with Crippen molar-refractivity contribution >= 4 is 5.69 Å². The average Bonchev–Trinajstić information content (AvgIpc) is 2.95. The van der Waals surface area contributed by atoms with Gasteiger partial charge in [0.1, 0.15) is 0 Å². The lowest BCUT2D eigenvalue weighted by atomic mass is 9.89. The van der Waals surface area contributed by atoms with Crippen LogP contribution < -0.4 is 5.32 Å². The number of aromatic nitrogens is 2. The minimum absolute atomic E-state index is 0.864. The van der Waals surface area contributed by atoms with E-state index in [1.807, 2.05) is 6.20 Å². The molecule has 2 rings (SSSR count). The van der Waals surface area contributed by atoms with Crippen LogP contribution in [0, 0.1) is 5.92 Å². The zero-order valence-electron chi connectivity index (χ0n) is 13.1. The van der Waals surface area contributed by atoms with Crippen molar-refractivity contribution in [2.24, 2.45) is 5.92 Å². The van der Waals surface area contributed by atoms with E-state index < -0.39 is 0 Å². The molecule has 1 aromatic rings. The van der Waals surface area contributed by atoms with E-state index in [2.05, 4.69) is 40.0 Å². The maximum absolute atomic E-state index is 4.45. The fraction of sp³-hybridized carbons (Fsp3) is 0.812. The molecule has 1 saturated carbocycles. The van der Waals surface area contributed by atoms with Gasteiger partial charge in [0.25, 0.3) is 0 Å². The molecule has 0 atom stereocenters. The van der Waals surface area contributed by atoms with Crippen molar-refractivity contribution < 1.29 is 0 Å². The van der Waals surface area contributed by atoms with E-state index in [-0.39, 0.29) is 0 Å². The third kappa shape index (κ3) is 4.82. The van der Waals surface area contributed by atoms with Crippen LogP contribution in [0.3, 0.4) is 0 Å². The van der Waals surface area contributed by atoms with Gasteiger partial charge in [-0.2, -0.15) is 5.10 Å². The predicted molar refractivity (Wildman–Crippen MR) is 85.1 cm³/mol. The zero-order chi connectivity index (χ0) is 14.2. The van der Waals surface area contributed by atoms with Gasteiger partial charge in [-0.25, -0.2) is 0 Å². The third-order valence-corrected chi connectivity index (χ3v) is 4.49. The van der Waals surface area contributed by atoms with E-state index in [0.717, 1.165) is 38.6 Å². The van der Waals surface area contributed by atoms with Crippen molar-refractivity contribution in [3.05, 3.63) is 12.4 Å². The molecule has 0 spiro atoms. The Hall–Kier alpha value is -1.03. The molecule has 0 radical (unpaired) electrons. The lowest BCUT2D eigenvalue weighted by Gasteiger charge is -2.21. The first-order chi connectivity index (χ1) is 9.81. The van der Waals surface area contributed by atoms with Gasteiger partial charge in [0, 0.05) is 19.3 Å². The van der Waals surface area contributed by atoms with Crippen molar-refractivity contribution in [3.63, 3.8) is 0 Å². The Morgan fingerprint density at radius 1 is 1.25 bits per heavy atom. The standard InChI is InChI=1S/C16H30N4/c1-3-19(4-2)10-11-20-14-16(13-18-20)17-12-15-8-6-5-7-9-15/h13-15,17H,3-12H2,1-2H3. The van der Waals surface area contributed by atoms with Crippen LogP contribution in [0.2, 0.25) is 0 Å². The van der Waals surface area contributed by atoms with Crippen molar-refractivity contribution in [1.29, 1.82) is 0 Å². The second-order valence-corrected chi connectivity index (χ2v) is 5.90. The summed E-state index contributed by atoms with van der Waals surface area (Å²) in [5.41, 5.74) is 1.18. The van der Waals surface area contributed by atoms with Crippen LogP contribution in [0.4, 0.5) is 5.69 Å². The Morgan fingerprint density at radius 2 is 2.00 bits per heavy atom. The Bertz CT molecular complexity index is 364. The smallest absolute Gasteiger partial charge is 0.0726 e. The van der Waals surface area contributed by atoms with Gasteiger partial charge in [0.15, 0.2) is 0 Å². The number of likely N-dealkylation sites (N-methyl/N-ethyl adjacent to an activating group) is 1. The maximum Gasteiger partial charge on any atom is 0.0726 e. The van der Waals surface area contributed by atoms with Gasteiger partial charge in [-0.1, -0.05) is 33.1 Å². The van der Waals surface area contributed by atoms with Crippen LogP contribution >= 0.6 is 0 Å². The van der Waals surface area contributed by atoms with Crippen LogP contribution in [0.25, 0.3) is 0 Å². The summed E-state index contributed by atoms with van der Waals surface area (Å²) in [6, 6.07) is 0. The summed E-state index contributed by atoms with van der Waals surface area (Å²) in [5, 5.41) is 8.00. The molecule has 4 nitrogen and oxygen atoms in total. The van der Waals surface area contributed by atoms with Crippen molar-refractivity contribution in [2.45, 2.75) is 52.5 Å². The van der Waals surface area contributed by atoms with Gasteiger partial charge in [-0.3, -0.25) is 4.68 Å². The van der Waals surface area contributed by atoms with Crippen LogP contribution in [0.1, 0.15) is 46.0 Å². The Labute approximate surface area is 123 Å². The number of nitrogens with zero attached hydrogens (tertiary/aromatic N) is 3. The SMILES string of the molecule is CCN(CC)CCn1cc(NCC2CCCCC2)cn1. The number of anilines is 1. The zero-order valence-corrected chi connectivity index (χ0v) is 13.1. The highest BCUT2D eigenvalue weighted by Gasteiger charge is 2.13. The van der Waals surface area contributed by atoms with Crippen LogP contribution in [-0.4, -0.2) is 40.9 Å². The summed E-state index contributed by atoms with van der Waals surface area (Å²) in [6.45, 7) is 9.83. The molecule has 0 amide bonds. The van der Waals surface area contributed by atoms with Gasteiger partial charge < -0.3 is 10.2 Å². The molecule has 1 aliphatic rings. The summed E-state index contributed by atoms with van der Waals surface area (Å²) in [7, 11) is 0. The van der Waals surface area contributed by atoms with Crippen LogP contribution in [-0.2, 0) is 6.54 Å². The largest absolute Gasteiger partial charge is 0.382 e. The quantitative estimate of drug-likeness (QED) is 0.792. The second kappa shape index (κ2) is 8.30. The molecule has 20 heavy (non-hydrogen) atoms. The summed E-state index contributed by atoms with van der Waals surface area (Å²) in [4.78, 5) is 2.43. The number of hydrogen-bond donors (Lipinski definition) is 1. The van der Waals surface area contributed by atoms with E-state index in [4.69, 9.17) is 0 Å². The molecular formula is C16H30N4. The number of rotatable bonds is 8. The van der Waals surface area contributed by atoms with Crippen molar-refractivity contribution in [2.75, 3.05) is 31.5 Å². The lowest BCUT2D eigenvalue weighted by molar-refractivity contribution is 0.285. The summed E-state index contributed by atoms with van der Waals surface area (Å²) < 4.78 is 2.06. The van der Waals surface area contributed by atoms with Crippen molar-refractivity contribution in [3.8, 4) is 0 Å². The summed E-state index contributed by atoms with van der Waals surface area (Å²) in [5.74, 6) is 0.864. The number of hydrogen-bond acceptors (Lipinski definition) is 3. The second-order valence-electron chi connectivity index (χ2n) is 5.90. The third-order valence-electron chi connectivity index (χ3n) is 4.49. The van der Waals surface area contributed by atoms with Crippen molar-refractivity contribution in [1.82, 2.24) is 14.7 Å². The molecule has 114 valence electrons. The summed E-state index contributed by atoms with van der Waals surface area (Å²) in [6.07, 6.45) is 11.1. The molecule has 4 heteroatoms. The molecule has 1 fully saturated rings. The molecule has 1 aliphatic carbocycles. The van der Waals surface area contributed by atoms with Crippen LogP contribution in [0.15, 0.2) is 12.4 Å². The highest BCUT2D eigenvalue weighted by atomic mass is 15.3. The fourth-order valence-corrected chi connectivity index (χ4v) is 3.01. The monoisotopic (exact) mass is 278 g/mol. The van der Waals surface area contributed by atoms with Crippen LogP contribution in [0.5, 0.6) is 0 Å². The van der Waals surface area contributed by atoms with Gasteiger partial charge in [0.05, 0.1) is 18.4 Å². The molecule has 0 saturated heterocycles. The fourth-order valence-electron chi connectivity index (χ4n) is 3.01. The van der Waals surface area contributed by atoms with E-state index in [1.165, 1.54) is 37.8 Å². The van der Waals surface area contributed by atoms with Gasteiger partial charge >= 0.3 is 0 Å². The first-order valence-corrected chi connectivity index (χ1v) is 8.30. The molecule has 1 heterocycles. The Balaban J connectivity index is 1.71. The minimum Gasteiger partial charge on any atom is -0.382 e. The van der Waals surface area contributed by atoms with E-state index in [0.29, 0.717) is 0 Å². The van der Waals surface area contributed by atoms with E-state index in [1.54, 1.807) is 0 Å². The first kappa shape index (κ1) is 15.4. The molecule has 0 bridgehead atoms. The summed E-state index contributed by atoms with van der Waals surface area (Å²) >= 11 is 0. The topological polar surface area (TPSA) is 33.1 Å². The van der Waals surface area contributed by atoms with E-state index in [9.17, 15) is 0 Å². The number of nitrogens with one attached hydrogen (secondary N) is 1. The minimum atomic E-state index is 0.864. The van der Waals surface area contributed by atoms with E-state index >= 15 is 0 Å². The average molecular weight is 278 g/mol. The first-order valence-electron chi connectivity index (χ1n) is 8.30. The molecule has 0 unspecified atom stereocenters. The highest BCUT2D eigenvalue weighted by Crippen LogP contribution is 2.23. The lowest BCUT2D eigenvalue weighted by Crippen LogP contribution is -2.27. The Morgan fingerprint density at radius 3 is 2.70 bits per heavy atom. The highest BCUT2D eigenvalue weighted by molar-refractivity contribution is 5.38. The van der Waals surface area contributed by atoms with Gasteiger partial charge in [0.2, 0.25) is 0 Å². The maximum atomic E-state index is 4.45. The molecule has 1 aromatic heterocycles. The Kier molecular flexibility index (Phi) is 6.37. The van der Waals surface area contributed by atoms with Gasteiger partial charge in [-0.15, -0.1) is 0 Å². The normalized spacial score (nSPS) is 16.8. The molecule has 1 N–H and O–H groups in total. The van der Waals surface area contributed by atoms with Gasteiger partial charge in [-0.05, 0) is 31.8 Å². The predicted octanol–water partition coefficient (Wildman–Crippen LogP) is 3.22.